The molecule has 6 heteroatoms. The normalized spacial score (nSPS) is 11.1. The SMILES string of the molecule is O=C(CCBr)ON=C(C(=O)c1ccc(Sc2ccccc2)cc1)c1ccccc1. The van der Waals surface area contributed by atoms with Crippen LogP contribution in [-0.4, -0.2) is 22.8 Å². The molecular formula is C23H18BrNO3S. The topological polar surface area (TPSA) is 55.7 Å². The third-order valence-corrected chi connectivity index (χ3v) is 5.31. The average molecular weight is 468 g/mol. The molecule has 0 aliphatic heterocycles. The number of carbonyl (C=O) groups is 2. The first-order valence-corrected chi connectivity index (χ1v) is 10.9. The van der Waals surface area contributed by atoms with Crippen LogP contribution in [0, 0.1) is 0 Å². The molecule has 3 aromatic carbocycles. The predicted molar refractivity (Wildman–Crippen MR) is 119 cm³/mol. The molecule has 0 N–H and O–H groups in total. The average Bonchev–Trinajstić information content (AvgIpc) is 2.76. The summed E-state index contributed by atoms with van der Waals surface area (Å²) in [6.45, 7) is 0. The highest BCUT2D eigenvalue weighted by Gasteiger charge is 2.18. The maximum Gasteiger partial charge on any atom is 0.335 e. The molecule has 0 aromatic heterocycles. The van der Waals surface area contributed by atoms with Gasteiger partial charge in [-0.05, 0) is 36.4 Å². The van der Waals surface area contributed by atoms with Gasteiger partial charge in [0.05, 0.1) is 6.42 Å². The van der Waals surface area contributed by atoms with E-state index in [0.717, 1.165) is 9.79 Å². The van der Waals surface area contributed by atoms with Crippen molar-refractivity contribution in [2.75, 3.05) is 5.33 Å². The Morgan fingerprint density at radius 1 is 0.793 bits per heavy atom. The van der Waals surface area contributed by atoms with Gasteiger partial charge in [-0.2, -0.15) is 0 Å². The number of hydrogen-bond donors (Lipinski definition) is 0. The van der Waals surface area contributed by atoms with Gasteiger partial charge in [-0.25, -0.2) is 4.79 Å². The second kappa shape index (κ2) is 10.7. The largest absolute Gasteiger partial charge is 0.335 e. The predicted octanol–water partition coefficient (Wildman–Crippen LogP) is 5.75. The van der Waals surface area contributed by atoms with Crippen molar-refractivity contribution in [1.29, 1.82) is 0 Å². The number of hydrogen-bond acceptors (Lipinski definition) is 5. The monoisotopic (exact) mass is 467 g/mol. The van der Waals surface area contributed by atoms with E-state index >= 15 is 0 Å². The molecule has 4 nitrogen and oxygen atoms in total. The van der Waals surface area contributed by atoms with Crippen molar-refractivity contribution in [3.63, 3.8) is 0 Å². The Hall–Kier alpha value is -2.70. The van der Waals surface area contributed by atoms with Gasteiger partial charge in [0, 0.05) is 26.2 Å². The van der Waals surface area contributed by atoms with E-state index in [4.69, 9.17) is 4.84 Å². The van der Waals surface area contributed by atoms with Gasteiger partial charge in [0.25, 0.3) is 0 Å². The Kier molecular flexibility index (Phi) is 7.78. The summed E-state index contributed by atoms with van der Waals surface area (Å²) in [5.74, 6) is -0.809. The van der Waals surface area contributed by atoms with Crippen LogP contribution in [0.4, 0.5) is 0 Å². The first-order chi connectivity index (χ1) is 14.2. The van der Waals surface area contributed by atoms with Gasteiger partial charge in [-0.1, -0.05) is 81.4 Å². The standard InChI is InChI=1S/C23H18BrNO3S/c24-16-15-21(26)28-25-22(17-7-3-1-4-8-17)23(27)18-11-13-20(14-12-18)29-19-9-5-2-6-10-19/h1-14H,15-16H2. The third kappa shape index (κ3) is 6.14. The number of benzene rings is 3. The molecule has 0 saturated heterocycles. The Morgan fingerprint density at radius 3 is 2.00 bits per heavy atom. The molecule has 0 unspecified atom stereocenters. The summed E-state index contributed by atoms with van der Waals surface area (Å²) in [4.78, 5) is 31.8. The minimum atomic E-state index is -0.502. The van der Waals surface area contributed by atoms with Crippen LogP contribution in [0.15, 0.2) is 99.9 Å². The summed E-state index contributed by atoms with van der Waals surface area (Å²) in [7, 11) is 0. The summed E-state index contributed by atoms with van der Waals surface area (Å²) in [6.07, 6.45) is 0.172. The molecular weight excluding hydrogens is 450 g/mol. The van der Waals surface area contributed by atoms with E-state index in [1.165, 1.54) is 0 Å². The second-order valence-electron chi connectivity index (χ2n) is 5.98. The molecule has 0 heterocycles. The maximum absolute atomic E-state index is 13.0. The van der Waals surface area contributed by atoms with E-state index in [9.17, 15) is 9.59 Å². The lowest BCUT2D eigenvalue weighted by Crippen LogP contribution is -2.17. The van der Waals surface area contributed by atoms with Crippen LogP contribution < -0.4 is 0 Å². The van der Waals surface area contributed by atoms with Crippen molar-refractivity contribution < 1.29 is 14.4 Å². The minimum absolute atomic E-state index is 0.0944. The van der Waals surface area contributed by atoms with Crippen LogP contribution >= 0.6 is 27.7 Å². The Bertz CT molecular complexity index is 990. The summed E-state index contributed by atoms with van der Waals surface area (Å²) in [5.41, 5.74) is 1.16. The fraction of sp³-hybridized carbons (Fsp3) is 0.0870. The number of Topliss-reactive ketones (excluding diaryl/α,β-unsaturated/α-hetero) is 1. The molecule has 0 aliphatic carbocycles. The molecule has 0 aliphatic rings. The fourth-order valence-electron chi connectivity index (χ4n) is 2.48. The molecule has 3 aromatic rings. The molecule has 0 spiro atoms. The van der Waals surface area contributed by atoms with Gasteiger partial charge in [0.1, 0.15) is 0 Å². The van der Waals surface area contributed by atoms with E-state index in [1.54, 1.807) is 48.2 Å². The number of ketones is 1. The third-order valence-electron chi connectivity index (χ3n) is 3.90. The van der Waals surface area contributed by atoms with E-state index in [-0.39, 0.29) is 17.9 Å². The number of halogens is 1. The Labute approximate surface area is 182 Å². The fourth-order valence-corrected chi connectivity index (χ4v) is 3.64. The van der Waals surface area contributed by atoms with Crippen LogP contribution in [0.1, 0.15) is 22.3 Å². The lowest BCUT2D eigenvalue weighted by Gasteiger charge is -2.07. The first-order valence-electron chi connectivity index (χ1n) is 8.94. The van der Waals surface area contributed by atoms with Gasteiger partial charge in [-0.3, -0.25) is 4.79 Å². The highest BCUT2D eigenvalue weighted by atomic mass is 79.9. The highest BCUT2D eigenvalue weighted by Crippen LogP contribution is 2.27. The molecule has 0 amide bonds. The maximum atomic E-state index is 13.0. The zero-order valence-electron chi connectivity index (χ0n) is 15.5. The molecule has 3 rings (SSSR count). The molecule has 0 atom stereocenters. The molecule has 0 fully saturated rings. The molecule has 0 bridgehead atoms. The second-order valence-corrected chi connectivity index (χ2v) is 7.92. The number of rotatable bonds is 8. The van der Waals surface area contributed by atoms with Crippen molar-refractivity contribution in [3.05, 3.63) is 96.1 Å². The molecule has 0 saturated carbocycles. The van der Waals surface area contributed by atoms with Crippen LogP contribution in [-0.2, 0) is 9.63 Å². The Balaban J connectivity index is 1.81. The molecule has 29 heavy (non-hydrogen) atoms. The summed E-state index contributed by atoms with van der Waals surface area (Å²) in [6, 6.07) is 26.3. The molecule has 0 radical (unpaired) electrons. The van der Waals surface area contributed by atoms with Crippen molar-refractivity contribution in [3.8, 4) is 0 Å². The van der Waals surface area contributed by atoms with Crippen molar-refractivity contribution in [2.24, 2.45) is 5.16 Å². The lowest BCUT2D eigenvalue weighted by atomic mass is 10.0. The lowest BCUT2D eigenvalue weighted by molar-refractivity contribution is -0.143. The van der Waals surface area contributed by atoms with Crippen LogP contribution in [0.25, 0.3) is 0 Å². The zero-order valence-corrected chi connectivity index (χ0v) is 17.9. The number of nitrogens with zero attached hydrogens (tertiary/aromatic N) is 1. The highest BCUT2D eigenvalue weighted by molar-refractivity contribution is 9.09. The van der Waals surface area contributed by atoms with E-state index in [2.05, 4.69) is 21.1 Å². The summed E-state index contributed by atoms with van der Waals surface area (Å²) in [5, 5.41) is 4.34. The van der Waals surface area contributed by atoms with Crippen LogP contribution in [0.5, 0.6) is 0 Å². The van der Waals surface area contributed by atoms with Crippen molar-refractivity contribution in [2.45, 2.75) is 16.2 Å². The number of alkyl halides is 1. The smallest absolute Gasteiger partial charge is 0.318 e. The molecule has 146 valence electrons. The van der Waals surface area contributed by atoms with Gasteiger partial charge < -0.3 is 4.84 Å². The quantitative estimate of drug-likeness (QED) is 0.139. The zero-order chi connectivity index (χ0) is 20.5. The van der Waals surface area contributed by atoms with Crippen molar-refractivity contribution >= 4 is 45.2 Å². The van der Waals surface area contributed by atoms with E-state index < -0.39 is 5.97 Å². The van der Waals surface area contributed by atoms with Gasteiger partial charge in [0.2, 0.25) is 5.78 Å². The van der Waals surface area contributed by atoms with Crippen LogP contribution in [0.2, 0.25) is 0 Å². The summed E-state index contributed by atoms with van der Waals surface area (Å²) >= 11 is 4.80. The Morgan fingerprint density at radius 2 is 1.38 bits per heavy atom. The van der Waals surface area contributed by atoms with Gasteiger partial charge in [0.15, 0.2) is 5.71 Å². The summed E-state index contributed by atoms with van der Waals surface area (Å²) < 4.78 is 0. The van der Waals surface area contributed by atoms with Crippen molar-refractivity contribution in [1.82, 2.24) is 0 Å². The van der Waals surface area contributed by atoms with E-state index in [0.29, 0.717) is 16.5 Å². The number of carbonyl (C=O) groups excluding carboxylic acids is 2. The first kappa shape index (κ1) is 21.0. The van der Waals surface area contributed by atoms with Gasteiger partial charge >= 0.3 is 5.97 Å². The van der Waals surface area contributed by atoms with E-state index in [1.807, 2.05) is 48.5 Å². The number of oxime groups is 1. The minimum Gasteiger partial charge on any atom is -0.318 e. The van der Waals surface area contributed by atoms with Gasteiger partial charge in [-0.15, -0.1) is 0 Å². The van der Waals surface area contributed by atoms with Crippen LogP contribution in [0.3, 0.4) is 0 Å².